The molecule has 2 aliphatic carbocycles. The number of rotatable bonds is 0. The minimum atomic E-state index is -1.01. The summed E-state index contributed by atoms with van der Waals surface area (Å²) in [5, 5.41) is 9.24. The third kappa shape index (κ3) is 0.577. The van der Waals surface area contributed by atoms with Crippen molar-refractivity contribution >= 4 is 11.6 Å². The maximum Gasteiger partial charge on any atom is 0.227 e. The third-order valence-electron chi connectivity index (χ3n) is 3.04. The highest BCUT2D eigenvalue weighted by Crippen LogP contribution is 2.63. The standard InChI is InChI=1S/C8H10O3/c1-8(2)3-4(8)6(10)7(11)5(3)9/h3-5,9H,1-2H3/t3-,4+,5-/m1/s1. The largest absolute Gasteiger partial charge is 0.384 e. The summed E-state index contributed by atoms with van der Waals surface area (Å²) in [5.74, 6) is -1.24. The highest BCUT2D eigenvalue weighted by atomic mass is 16.3. The number of fused-ring (bicyclic) bond motifs is 1. The average Bonchev–Trinajstić information content (AvgIpc) is 2.39. The maximum atomic E-state index is 11.1. The van der Waals surface area contributed by atoms with E-state index < -0.39 is 11.9 Å². The zero-order chi connectivity index (χ0) is 8.39. The molecule has 0 radical (unpaired) electrons. The number of hydrogen-bond acceptors (Lipinski definition) is 3. The van der Waals surface area contributed by atoms with Crippen LogP contribution in [0.2, 0.25) is 0 Å². The van der Waals surface area contributed by atoms with Crippen molar-refractivity contribution in [1.29, 1.82) is 0 Å². The first kappa shape index (κ1) is 6.98. The molecule has 60 valence electrons. The molecule has 0 aliphatic heterocycles. The van der Waals surface area contributed by atoms with Crippen LogP contribution in [0.4, 0.5) is 0 Å². The molecule has 0 spiro atoms. The summed E-state index contributed by atoms with van der Waals surface area (Å²) in [6.07, 6.45) is -1.01. The topological polar surface area (TPSA) is 54.4 Å². The molecule has 0 aromatic heterocycles. The molecule has 0 saturated heterocycles. The van der Waals surface area contributed by atoms with Crippen molar-refractivity contribution in [2.45, 2.75) is 20.0 Å². The predicted molar refractivity (Wildman–Crippen MR) is 36.8 cm³/mol. The Bertz CT molecular complexity index is 254. The van der Waals surface area contributed by atoms with Crippen molar-refractivity contribution in [3.05, 3.63) is 0 Å². The molecule has 0 bridgehead atoms. The molecule has 0 heterocycles. The second-order valence-corrected chi connectivity index (χ2v) is 4.00. The molecule has 0 amide bonds. The number of aliphatic hydroxyl groups is 1. The molecular formula is C8H10O3. The molecule has 3 nitrogen and oxygen atoms in total. The summed E-state index contributed by atoms with van der Waals surface area (Å²) in [6, 6.07) is 0. The van der Waals surface area contributed by atoms with Gasteiger partial charge in [0.05, 0.1) is 0 Å². The number of Topliss-reactive ketones (excluding diaryl/α,β-unsaturated/α-hetero) is 2. The van der Waals surface area contributed by atoms with Crippen molar-refractivity contribution in [3.8, 4) is 0 Å². The second kappa shape index (κ2) is 1.55. The van der Waals surface area contributed by atoms with E-state index in [0.717, 1.165) is 0 Å². The smallest absolute Gasteiger partial charge is 0.227 e. The van der Waals surface area contributed by atoms with E-state index in [1.165, 1.54) is 0 Å². The first-order chi connectivity index (χ1) is 4.98. The van der Waals surface area contributed by atoms with Gasteiger partial charge in [-0.15, -0.1) is 0 Å². The minimum absolute atomic E-state index is 0.0949. The van der Waals surface area contributed by atoms with Gasteiger partial charge in [0.2, 0.25) is 11.6 Å². The predicted octanol–water partition coefficient (Wildman–Crippen LogP) is -0.229. The van der Waals surface area contributed by atoms with E-state index in [2.05, 4.69) is 0 Å². The van der Waals surface area contributed by atoms with Gasteiger partial charge in [-0.1, -0.05) is 13.8 Å². The minimum Gasteiger partial charge on any atom is -0.384 e. The summed E-state index contributed by atoms with van der Waals surface area (Å²) in [5.41, 5.74) is -0.135. The fourth-order valence-corrected chi connectivity index (χ4v) is 2.23. The van der Waals surface area contributed by atoms with Gasteiger partial charge in [0.25, 0.3) is 0 Å². The van der Waals surface area contributed by atoms with Gasteiger partial charge >= 0.3 is 0 Å². The van der Waals surface area contributed by atoms with Gasteiger partial charge in [-0.2, -0.15) is 0 Å². The van der Waals surface area contributed by atoms with Crippen LogP contribution in [-0.2, 0) is 9.59 Å². The lowest BCUT2D eigenvalue weighted by Crippen LogP contribution is -2.28. The van der Waals surface area contributed by atoms with Crippen molar-refractivity contribution in [1.82, 2.24) is 0 Å². The molecule has 2 saturated carbocycles. The fourth-order valence-electron chi connectivity index (χ4n) is 2.23. The summed E-state index contributed by atoms with van der Waals surface area (Å²) < 4.78 is 0. The quantitative estimate of drug-likeness (QED) is 0.490. The van der Waals surface area contributed by atoms with Crippen LogP contribution in [-0.4, -0.2) is 22.8 Å². The zero-order valence-electron chi connectivity index (χ0n) is 6.50. The van der Waals surface area contributed by atoms with Crippen LogP contribution in [0.15, 0.2) is 0 Å². The molecule has 2 rings (SSSR count). The molecule has 11 heavy (non-hydrogen) atoms. The van der Waals surface area contributed by atoms with Crippen LogP contribution in [0.3, 0.4) is 0 Å². The van der Waals surface area contributed by atoms with E-state index >= 15 is 0 Å². The molecule has 0 unspecified atom stereocenters. The average molecular weight is 154 g/mol. The van der Waals surface area contributed by atoms with E-state index in [1.54, 1.807) is 0 Å². The number of carbonyl (C=O) groups excluding carboxylic acids is 2. The lowest BCUT2D eigenvalue weighted by molar-refractivity contribution is -0.140. The van der Waals surface area contributed by atoms with E-state index in [-0.39, 0.29) is 23.0 Å². The zero-order valence-corrected chi connectivity index (χ0v) is 6.50. The summed E-state index contributed by atoms with van der Waals surface area (Å²) in [7, 11) is 0. The van der Waals surface area contributed by atoms with Crippen molar-refractivity contribution in [2.24, 2.45) is 17.3 Å². The molecule has 0 aromatic rings. The first-order valence-electron chi connectivity index (χ1n) is 3.74. The number of ketones is 2. The van der Waals surface area contributed by atoms with Crippen LogP contribution < -0.4 is 0 Å². The Hall–Kier alpha value is -0.700. The van der Waals surface area contributed by atoms with Crippen molar-refractivity contribution in [2.75, 3.05) is 0 Å². The molecule has 0 aromatic carbocycles. The van der Waals surface area contributed by atoms with Crippen LogP contribution in [0.1, 0.15) is 13.8 Å². The molecule has 1 N–H and O–H groups in total. The highest BCUT2D eigenvalue weighted by Gasteiger charge is 2.72. The summed E-state index contributed by atoms with van der Waals surface area (Å²) in [4.78, 5) is 21.9. The monoisotopic (exact) mass is 154 g/mol. The van der Waals surface area contributed by atoms with Crippen molar-refractivity contribution < 1.29 is 14.7 Å². The highest BCUT2D eigenvalue weighted by molar-refractivity contribution is 6.43. The van der Waals surface area contributed by atoms with Gasteiger partial charge in [0, 0.05) is 11.8 Å². The van der Waals surface area contributed by atoms with Crippen molar-refractivity contribution in [3.63, 3.8) is 0 Å². The van der Waals surface area contributed by atoms with Crippen LogP contribution in [0.25, 0.3) is 0 Å². The van der Waals surface area contributed by atoms with Gasteiger partial charge in [0.15, 0.2) is 0 Å². The molecule has 3 heteroatoms. The summed E-state index contributed by atoms with van der Waals surface area (Å²) >= 11 is 0. The van der Waals surface area contributed by atoms with Gasteiger partial charge < -0.3 is 5.11 Å². The maximum absolute atomic E-state index is 11.1. The first-order valence-corrected chi connectivity index (χ1v) is 3.74. The lowest BCUT2D eigenvalue weighted by Gasteiger charge is -2.09. The normalized spacial score (nSPS) is 45.9. The van der Waals surface area contributed by atoms with Crippen LogP contribution >= 0.6 is 0 Å². The molecule has 3 atom stereocenters. The van der Waals surface area contributed by atoms with E-state index in [1.807, 2.05) is 13.8 Å². The van der Waals surface area contributed by atoms with E-state index in [9.17, 15) is 14.7 Å². The molecule has 2 fully saturated rings. The number of carbonyl (C=O) groups is 2. The van der Waals surface area contributed by atoms with E-state index in [4.69, 9.17) is 0 Å². The lowest BCUT2D eigenvalue weighted by atomic mass is 9.98. The van der Waals surface area contributed by atoms with E-state index in [0.29, 0.717) is 0 Å². The fraction of sp³-hybridized carbons (Fsp3) is 0.750. The Labute approximate surface area is 64.4 Å². The number of hydrogen-bond donors (Lipinski definition) is 1. The summed E-state index contributed by atoms with van der Waals surface area (Å²) in [6.45, 7) is 3.83. The molecular weight excluding hydrogens is 144 g/mol. The Morgan fingerprint density at radius 3 is 2.09 bits per heavy atom. The van der Waals surface area contributed by atoms with Gasteiger partial charge in [-0.25, -0.2) is 0 Å². The molecule has 2 aliphatic rings. The van der Waals surface area contributed by atoms with Crippen LogP contribution in [0.5, 0.6) is 0 Å². The number of aliphatic hydroxyl groups excluding tert-OH is 1. The Kier molecular flexibility index (Phi) is 0.986. The Morgan fingerprint density at radius 1 is 1.27 bits per heavy atom. The Balaban J connectivity index is 2.34. The Morgan fingerprint density at radius 2 is 1.82 bits per heavy atom. The van der Waals surface area contributed by atoms with Crippen LogP contribution in [0, 0.1) is 17.3 Å². The van der Waals surface area contributed by atoms with Gasteiger partial charge in [-0.05, 0) is 5.41 Å². The SMILES string of the molecule is CC1(C)[C@@H]2[C@H]1C(=O)C(=O)[C@@H]2O. The third-order valence-corrected chi connectivity index (χ3v) is 3.04. The van der Waals surface area contributed by atoms with Gasteiger partial charge in [0.1, 0.15) is 6.10 Å². The second-order valence-electron chi connectivity index (χ2n) is 4.00. The van der Waals surface area contributed by atoms with Gasteiger partial charge in [-0.3, -0.25) is 9.59 Å².